The SMILES string of the molecule is CCN(Cc1cccs1)C(=O)NCc1cccc(OCCN2CCOCC2)c1. The van der Waals surface area contributed by atoms with Gasteiger partial charge in [-0.2, -0.15) is 0 Å². The predicted octanol–water partition coefficient (Wildman–Crippen LogP) is 3.19. The zero-order valence-electron chi connectivity index (χ0n) is 16.4. The van der Waals surface area contributed by atoms with Crippen LogP contribution in [0.15, 0.2) is 41.8 Å². The van der Waals surface area contributed by atoms with E-state index in [-0.39, 0.29) is 6.03 Å². The van der Waals surface area contributed by atoms with E-state index >= 15 is 0 Å². The first kappa shape index (κ1) is 20.6. The number of hydrogen-bond donors (Lipinski definition) is 1. The number of thiophene rings is 1. The van der Waals surface area contributed by atoms with Gasteiger partial charge in [0.25, 0.3) is 0 Å². The highest BCUT2D eigenvalue weighted by Crippen LogP contribution is 2.14. The van der Waals surface area contributed by atoms with Crippen molar-refractivity contribution in [2.75, 3.05) is 46.0 Å². The maximum Gasteiger partial charge on any atom is 0.317 e. The van der Waals surface area contributed by atoms with Crippen molar-refractivity contribution >= 4 is 17.4 Å². The van der Waals surface area contributed by atoms with Crippen LogP contribution in [0.1, 0.15) is 17.4 Å². The summed E-state index contributed by atoms with van der Waals surface area (Å²) in [5.41, 5.74) is 1.03. The number of urea groups is 1. The van der Waals surface area contributed by atoms with E-state index in [1.807, 2.05) is 47.5 Å². The highest BCUT2D eigenvalue weighted by atomic mass is 32.1. The minimum absolute atomic E-state index is 0.0467. The lowest BCUT2D eigenvalue weighted by Crippen LogP contribution is -2.39. The minimum Gasteiger partial charge on any atom is -0.492 e. The fourth-order valence-corrected chi connectivity index (χ4v) is 3.79. The number of benzene rings is 1. The van der Waals surface area contributed by atoms with E-state index in [1.165, 1.54) is 4.88 Å². The van der Waals surface area contributed by atoms with Crippen LogP contribution in [-0.4, -0.2) is 61.8 Å². The fourth-order valence-electron chi connectivity index (χ4n) is 3.07. The molecule has 0 spiro atoms. The number of rotatable bonds is 9. The third-order valence-corrected chi connectivity index (χ3v) is 5.58. The molecule has 1 aromatic carbocycles. The third kappa shape index (κ3) is 6.51. The molecule has 0 atom stereocenters. The standard InChI is InChI=1S/C21H29N3O3S/c1-2-24(17-20-7-4-14-28-20)21(25)22-16-18-5-3-6-19(15-18)27-13-10-23-8-11-26-12-9-23/h3-7,14-15H,2,8-13,16-17H2,1H3,(H,22,25). The van der Waals surface area contributed by atoms with E-state index in [9.17, 15) is 4.79 Å². The van der Waals surface area contributed by atoms with Gasteiger partial charge < -0.3 is 19.7 Å². The largest absolute Gasteiger partial charge is 0.492 e. The second-order valence-corrected chi connectivity index (χ2v) is 7.73. The van der Waals surface area contributed by atoms with Crippen LogP contribution in [0.4, 0.5) is 4.79 Å². The van der Waals surface area contributed by atoms with Crippen molar-refractivity contribution < 1.29 is 14.3 Å². The second kappa shape index (κ2) is 11.0. The van der Waals surface area contributed by atoms with Crippen molar-refractivity contribution in [3.05, 3.63) is 52.2 Å². The highest BCUT2D eigenvalue weighted by Gasteiger charge is 2.13. The van der Waals surface area contributed by atoms with Gasteiger partial charge >= 0.3 is 6.03 Å². The molecule has 2 heterocycles. The molecular formula is C21H29N3O3S. The number of carbonyl (C=O) groups excluding carboxylic acids is 1. The summed E-state index contributed by atoms with van der Waals surface area (Å²) in [6.45, 7) is 8.89. The number of ether oxygens (including phenoxy) is 2. The lowest BCUT2D eigenvalue weighted by molar-refractivity contribution is 0.0322. The summed E-state index contributed by atoms with van der Waals surface area (Å²) in [5.74, 6) is 0.839. The van der Waals surface area contributed by atoms with E-state index in [0.29, 0.717) is 26.2 Å². The minimum atomic E-state index is -0.0467. The molecule has 0 bridgehead atoms. The van der Waals surface area contributed by atoms with Crippen LogP contribution in [0.5, 0.6) is 5.75 Å². The van der Waals surface area contributed by atoms with Gasteiger partial charge in [-0.15, -0.1) is 11.3 Å². The molecule has 0 radical (unpaired) electrons. The lowest BCUT2D eigenvalue weighted by atomic mass is 10.2. The molecule has 0 aliphatic carbocycles. The first-order valence-corrected chi connectivity index (χ1v) is 10.7. The van der Waals surface area contributed by atoms with Gasteiger partial charge in [0.2, 0.25) is 0 Å². The Labute approximate surface area is 171 Å². The van der Waals surface area contributed by atoms with Gasteiger partial charge in [-0.25, -0.2) is 4.79 Å². The van der Waals surface area contributed by atoms with E-state index in [2.05, 4.69) is 16.3 Å². The summed E-state index contributed by atoms with van der Waals surface area (Å²) in [4.78, 5) is 17.8. The maximum atomic E-state index is 12.5. The molecule has 1 N–H and O–H groups in total. The Kier molecular flexibility index (Phi) is 8.14. The Morgan fingerprint density at radius 2 is 2.14 bits per heavy atom. The van der Waals surface area contributed by atoms with Crippen LogP contribution in [-0.2, 0) is 17.8 Å². The van der Waals surface area contributed by atoms with Gasteiger partial charge in [0, 0.05) is 37.6 Å². The quantitative estimate of drug-likeness (QED) is 0.699. The first-order valence-electron chi connectivity index (χ1n) is 9.81. The third-order valence-electron chi connectivity index (χ3n) is 4.72. The summed E-state index contributed by atoms with van der Waals surface area (Å²) in [6.07, 6.45) is 0. The Balaban J connectivity index is 1.43. The van der Waals surface area contributed by atoms with Gasteiger partial charge in [-0.1, -0.05) is 18.2 Å². The number of morpholine rings is 1. The normalized spacial score (nSPS) is 14.6. The molecule has 0 saturated carbocycles. The molecule has 6 nitrogen and oxygen atoms in total. The zero-order chi connectivity index (χ0) is 19.6. The average molecular weight is 404 g/mol. The summed E-state index contributed by atoms with van der Waals surface area (Å²) < 4.78 is 11.3. The number of amides is 2. The van der Waals surface area contributed by atoms with E-state index < -0.39 is 0 Å². The van der Waals surface area contributed by atoms with Gasteiger partial charge in [0.05, 0.1) is 19.8 Å². The Morgan fingerprint density at radius 1 is 1.29 bits per heavy atom. The predicted molar refractivity (Wildman–Crippen MR) is 112 cm³/mol. The zero-order valence-corrected chi connectivity index (χ0v) is 17.2. The van der Waals surface area contributed by atoms with E-state index in [0.717, 1.165) is 44.2 Å². The molecule has 2 amide bonds. The summed E-state index contributed by atoms with van der Waals surface area (Å²) in [5, 5.41) is 5.04. The number of hydrogen-bond acceptors (Lipinski definition) is 5. The van der Waals surface area contributed by atoms with E-state index in [4.69, 9.17) is 9.47 Å². The summed E-state index contributed by atoms with van der Waals surface area (Å²) in [6, 6.07) is 11.9. The molecule has 28 heavy (non-hydrogen) atoms. The molecule has 1 aliphatic rings. The van der Waals surface area contributed by atoms with Gasteiger partial charge in [-0.05, 0) is 36.1 Å². The van der Waals surface area contributed by atoms with Crippen molar-refractivity contribution in [1.82, 2.24) is 15.1 Å². The molecule has 1 saturated heterocycles. The maximum absolute atomic E-state index is 12.5. The van der Waals surface area contributed by atoms with Crippen molar-refractivity contribution in [3.8, 4) is 5.75 Å². The smallest absolute Gasteiger partial charge is 0.317 e. The van der Waals surface area contributed by atoms with Crippen molar-refractivity contribution in [2.45, 2.75) is 20.0 Å². The Bertz CT molecular complexity index is 717. The lowest BCUT2D eigenvalue weighted by Gasteiger charge is -2.26. The van der Waals surface area contributed by atoms with Gasteiger partial charge in [-0.3, -0.25) is 4.90 Å². The molecule has 152 valence electrons. The second-order valence-electron chi connectivity index (χ2n) is 6.70. The van der Waals surface area contributed by atoms with Crippen molar-refractivity contribution in [1.29, 1.82) is 0 Å². The van der Waals surface area contributed by atoms with Crippen LogP contribution in [0.2, 0.25) is 0 Å². The van der Waals surface area contributed by atoms with Crippen molar-refractivity contribution in [3.63, 3.8) is 0 Å². The van der Waals surface area contributed by atoms with Crippen LogP contribution in [0.3, 0.4) is 0 Å². The Morgan fingerprint density at radius 3 is 2.89 bits per heavy atom. The van der Waals surface area contributed by atoms with Crippen LogP contribution in [0.25, 0.3) is 0 Å². The fraction of sp³-hybridized carbons (Fsp3) is 0.476. The monoisotopic (exact) mass is 403 g/mol. The molecule has 1 aromatic heterocycles. The number of carbonyl (C=O) groups is 1. The molecule has 2 aromatic rings. The molecule has 7 heteroatoms. The first-order chi connectivity index (χ1) is 13.7. The van der Waals surface area contributed by atoms with Crippen molar-refractivity contribution in [2.24, 2.45) is 0 Å². The summed E-state index contributed by atoms with van der Waals surface area (Å²) >= 11 is 1.67. The topological polar surface area (TPSA) is 54.0 Å². The van der Waals surface area contributed by atoms with Crippen LogP contribution < -0.4 is 10.1 Å². The average Bonchev–Trinajstić information content (AvgIpc) is 3.25. The summed E-state index contributed by atoms with van der Waals surface area (Å²) in [7, 11) is 0. The van der Waals surface area contributed by atoms with Gasteiger partial charge in [0.1, 0.15) is 12.4 Å². The molecule has 3 rings (SSSR count). The molecule has 0 unspecified atom stereocenters. The van der Waals surface area contributed by atoms with Crippen LogP contribution >= 0.6 is 11.3 Å². The molecular weight excluding hydrogens is 374 g/mol. The number of nitrogens with zero attached hydrogens (tertiary/aromatic N) is 2. The Hall–Kier alpha value is -2.09. The highest BCUT2D eigenvalue weighted by molar-refractivity contribution is 7.09. The molecule has 1 fully saturated rings. The number of nitrogens with one attached hydrogen (secondary N) is 1. The van der Waals surface area contributed by atoms with E-state index in [1.54, 1.807) is 11.3 Å². The molecule has 1 aliphatic heterocycles. The van der Waals surface area contributed by atoms with Crippen LogP contribution in [0, 0.1) is 0 Å². The van der Waals surface area contributed by atoms with Gasteiger partial charge in [0.15, 0.2) is 0 Å².